The van der Waals surface area contributed by atoms with Gasteiger partial charge in [0.1, 0.15) is 0 Å². The van der Waals surface area contributed by atoms with Crippen molar-refractivity contribution in [3.8, 4) is 0 Å². The zero-order chi connectivity index (χ0) is 16.0. The standard InChI is InChI=1S/C20H34ClN/c1-3-4-5-6-7-8-9-10-11-12-13-14-15-19-20(21)18(2)16-17-22-19/h16-17H,3-15H2,1-2H3. The highest BCUT2D eigenvalue weighted by molar-refractivity contribution is 6.31. The molecule has 0 aliphatic carbocycles. The first kappa shape index (κ1) is 19.5. The molecule has 0 aromatic carbocycles. The fourth-order valence-electron chi connectivity index (χ4n) is 2.90. The zero-order valence-corrected chi connectivity index (χ0v) is 15.4. The number of hydrogen-bond acceptors (Lipinski definition) is 1. The second-order valence-corrected chi connectivity index (χ2v) is 6.91. The minimum atomic E-state index is 0.866. The predicted octanol–water partition coefficient (Wildman–Crippen LogP) is 7.29. The highest BCUT2D eigenvalue weighted by Crippen LogP contribution is 2.20. The van der Waals surface area contributed by atoms with Crippen LogP contribution in [0.4, 0.5) is 0 Å². The van der Waals surface area contributed by atoms with Crippen molar-refractivity contribution in [1.82, 2.24) is 4.98 Å². The molecular weight excluding hydrogens is 290 g/mol. The van der Waals surface area contributed by atoms with E-state index in [2.05, 4.69) is 18.8 Å². The Bertz CT molecular complexity index is 389. The van der Waals surface area contributed by atoms with Crippen LogP contribution >= 0.6 is 11.6 Å². The van der Waals surface area contributed by atoms with Crippen LogP contribution < -0.4 is 0 Å². The molecule has 0 saturated carbocycles. The molecule has 0 amide bonds. The molecule has 0 saturated heterocycles. The van der Waals surface area contributed by atoms with Crippen LogP contribution in [-0.4, -0.2) is 4.98 Å². The molecule has 1 rings (SSSR count). The average Bonchev–Trinajstić information content (AvgIpc) is 2.52. The smallest absolute Gasteiger partial charge is 0.0650 e. The molecule has 0 bridgehead atoms. The van der Waals surface area contributed by atoms with E-state index >= 15 is 0 Å². The molecule has 0 atom stereocenters. The van der Waals surface area contributed by atoms with Gasteiger partial charge in [-0.15, -0.1) is 0 Å². The Labute approximate surface area is 142 Å². The second kappa shape index (κ2) is 12.9. The van der Waals surface area contributed by atoms with Crippen LogP contribution in [0.5, 0.6) is 0 Å². The van der Waals surface area contributed by atoms with Gasteiger partial charge in [-0.2, -0.15) is 0 Å². The first-order valence-corrected chi connectivity index (χ1v) is 9.73. The van der Waals surface area contributed by atoms with Gasteiger partial charge < -0.3 is 0 Å². The molecule has 1 heterocycles. The van der Waals surface area contributed by atoms with E-state index in [-0.39, 0.29) is 0 Å². The van der Waals surface area contributed by atoms with Crippen LogP contribution in [0.15, 0.2) is 12.3 Å². The molecule has 1 aromatic heterocycles. The molecule has 22 heavy (non-hydrogen) atoms. The van der Waals surface area contributed by atoms with Crippen molar-refractivity contribution in [2.45, 2.75) is 97.3 Å². The zero-order valence-electron chi connectivity index (χ0n) is 14.7. The third kappa shape index (κ3) is 8.78. The minimum Gasteiger partial charge on any atom is -0.260 e. The summed E-state index contributed by atoms with van der Waals surface area (Å²) in [5.74, 6) is 0. The van der Waals surface area contributed by atoms with E-state index in [0.717, 1.165) is 22.7 Å². The Kier molecular flexibility index (Phi) is 11.5. The summed E-state index contributed by atoms with van der Waals surface area (Å²) in [7, 11) is 0. The Morgan fingerprint density at radius 1 is 0.818 bits per heavy atom. The summed E-state index contributed by atoms with van der Waals surface area (Å²) in [6.07, 6.45) is 19.5. The van der Waals surface area contributed by atoms with Crippen molar-refractivity contribution in [3.63, 3.8) is 0 Å². The summed E-state index contributed by atoms with van der Waals surface area (Å²) < 4.78 is 0. The lowest BCUT2D eigenvalue weighted by molar-refractivity contribution is 0.543. The highest BCUT2D eigenvalue weighted by atomic mass is 35.5. The topological polar surface area (TPSA) is 12.9 Å². The molecule has 1 nitrogen and oxygen atoms in total. The number of halogens is 1. The van der Waals surface area contributed by atoms with Gasteiger partial charge in [0.2, 0.25) is 0 Å². The van der Waals surface area contributed by atoms with Crippen molar-refractivity contribution in [2.24, 2.45) is 0 Å². The Balaban J connectivity index is 1.90. The minimum absolute atomic E-state index is 0.866. The van der Waals surface area contributed by atoms with Gasteiger partial charge in [0.05, 0.1) is 10.7 Å². The SMILES string of the molecule is CCCCCCCCCCCCCCc1nccc(C)c1Cl. The molecular formula is C20H34ClN. The third-order valence-electron chi connectivity index (χ3n) is 4.42. The van der Waals surface area contributed by atoms with Crippen LogP contribution in [0, 0.1) is 6.92 Å². The Morgan fingerprint density at radius 3 is 1.86 bits per heavy atom. The summed E-state index contributed by atoms with van der Waals surface area (Å²) in [4.78, 5) is 4.40. The van der Waals surface area contributed by atoms with E-state index in [1.165, 1.54) is 77.0 Å². The molecule has 0 unspecified atom stereocenters. The molecule has 1 aromatic rings. The van der Waals surface area contributed by atoms with Crippen LogP contribution in [-0.2, 0) is 6.42 Å². The maximum Gasteiger partial charge on any atom is 0.0650 e. The molecule has 0 radical (unpaired) electrons. The first-order valence-electron chi connectivity index (χ1n) is 9.35. The monoisotopic (exact) mass is 323 g/mol. The van der Waals surface area contributed by atoms with Crippen molar-refractivity contribution in [2.75, 3.05) is 0 Å². The van der Waals surface area contributed by atoms with E-state index in [1.807, 2.05) is 12.3 Å². The summed E-state index contributed by atoms with van der Waals surface area (Å²) in [6, 6.07) is 1.98. The van der Waals surface area contributed by atoms with E-state index in [0.29, 0.717) is 0 Å². The number of pyridine rings is 1. The molecule has 0 spiro atoms. The van der Waals surface area contributed by atoms with Crippen LogP contribution in [0.1, 0.15) is 95.2 Å². The van der Waals surface area contributed by atoms with E-state index in [9.17, 15) is 0 Å². The molecule has 0 N–H and O–H groups in total. The number of aryl methyl sites for hydroxylation is 2. The van der Waals surface area contributed by atoms with Gasteiger partial charge in [0, 0.05) is 6.20 Å². The van der Waals surface area contributed by atoms with Crippen LogP contribution in [0.25, 0.3) is 0 Å². The van der Waals surface area contributed by atoms with Gasteiger partial charge >= 0.3 is 0 Å². The van der Waals surface area contributed by atoms with Gasteiger partial charge in [-0.1, -0.05) is 89.2 Å². The molecule has 126 valence electrons. The summed E-state index contributed by atoms with van der Waals surface area (Å²) in [5.41, 5.74) is 2.22. The highest BCUT2D eigenvalue weighted by Gasteiger charge is 2.03. The third-order valence-corrected chi connectivity index (χ3v) is 4.94. The predicted molar refractivity (Wildman–Crippen MR) is 98.8 cm³/mol. The number of nitrogens with zero attached hydrogens (tertiary/aromatic N) is 1. The molecule has 0 aliphatic rings. The van der Waals surface area contributed by atoms with Gasteiger partial charge in [-0.05, 0) is 31.4 Å². The summed E-state index contributed by atoms with van der Waals surface area (Å²) in [5, 5.41) is 0.866. The van der Waals surface area contributed by atoms with Gasteiger partial charge in [-0.25, -0.2) is 0 Å². The van der Waals surface area contributed by atoms with E-state index in [4.69, 9.17) is 11.6 Å². The lowest BCUT2D eigenvalue weighted by Gasteiger charge is -2.06. The van der Waals surface area contributed by atoms with Crippen molar-refractivity contribution < 1.29 is 0 Å². The lowest BCUT2D eigenvalue weighted by atomic mass is 10.0. The number of unbranched alkanes of at least 4 members (excludes halogenated alkanes) is 11. The molecule has 2 heteroatoms. The molecule has 0 aliphatic heterocycles. The van der Waals surface area contributed by atoms with Crippen molar-refractivity contribution in [3.05, 3.63) is 28.5 Å². The van der Waals surface area contributed by atoms with Crippen molar-refractivity contribution >= 4 is 11.6 Å². The van der Waals surface area contributed by atoms with Crippen LogP contribution in [0.3, 0.4) is 0 Å². The average molecular weight is 324 g/mol. The largest absolute Gasteiger partial charge is 0.260 e. The van der Waals surface area contributed by atoms with E-state index < -0.39 is 0 Å². The van der Waals surface area contributed by atoms with Crippen molar-refractivity contribution in [1.29, 1.82) is 0 Å². The first-order chi connectivity index (χ1) is 10.8. The Hall–Kier alpha value is -0.560. The quantitative estimate of drug-likeness (QED) is 0.347. The molecule has 0 fully saturated rings. The maximum absolute atomic E-state index is 6.27. The Morgan fingerprint density at radius 2 is 1.32 bits per heavy atom. The number of rotatable bonds is 13. The van der Waals surface area contributed by atoms with Crippen LogP contribution in [0.2, 0.25) is 5.02 Å². The number of aromatic nitrogens is 1. The maximum atomic E-state index is 6.27. The van der Waals surface area contributed by atoms with E-state index in [1.54, 1.807) is 0 Å². The summed E-state index contributed by atoms with van der Waals surface area (Å²) in [6.45, 7) is 4.33. The fourth-order valence-corrected chi connectivity index (χ4v) is 3.11. The summed E-state index contributed by atoms with van der Waals surface area (Å²) >= 11 is 6.27. The van der Waals surface area contributed by atoms with Gasteiger partial charge in [0.15, 0.2) is 0 Å². The second-order valence-electron chi connectivity index (χ2n) is 6.53. The van der Waals surface area contributed by atoms with Gasteiger partial charge in [-0.3, -0.25) is 4.98 Å². The van der Waals surface area contributed by atoms with Gasteiger partial charge in [0.25, 0.3) is 0 Å². The number of hydrogen-bond donors (Lipinski definition) is 0. The fraction of sp³-hybridized carbons (Fsp3) is 0.750. The lowest BCUT2D eigenvalue weighted by Crippen LogP contribution is -1.93. The normalized spacial score (nSPS) is 11.0.